The number of fused-ring (bicyclic) bond motifs is 1. The SMILES string of the molecule is CC1CCC(O)(c2scnc2Br)c2ccccc21. The molecule has 1 aromatic carbocycles. The van der Waals surface area contributed by atoms with E-state index in [2.05, 4.69) is 33.9 Å². The minimum Gasteiger partial charge on any atom is -0.379 e. The molecule has 2 unspecified atom stereocenters. The van der Waals surface area contributed by atoms with Crippen molar-refractivity contribution < 1.29 is 5.11 Å². The lowest BCUT2D eigenvalue weighted by Gasteiger charge is -2.36. The summed E-state index contributed by atoms with van der Waals surface area (Å²) in [5.74, 6) is 0.508. The first-order chi connectivity index (χ1) is 8.63. The Bertz CT molecular complexity index is 583. The van der Waals surface area contributed by atoms with Gasteiger partial charge in [0.05, 0.1) is 10.4 Å². The zero-order valence-corrected chi connectivity index (χ0v) is 12.5. The number of rotatable bonds is 1. The van der Waals surface area contributed by atoms with E-state index in [1.165, 1.54) is 16.9 Å². The average Bonchev–Trinajstić information content (AvgIpc) is 2.82. The molecule has 0 saturated carbocycles. The van der Waals surface area contributed by atoms with Gasteiger partial charge >= 0.3 is 0 Å². The summed E-state index contributed by atoms with van der Waals surface area (Å²) in [7, 11) is 0. The Morgan fingerprint density at radius 2 is 2.22 bits per heavy atom. The van der Waals surface area contributed by atoms with Gasteiger partial charge in [0.25, 0.3) is 0 Å². The molecule has 1 aliphatic rings. The predicted octanol–water partition coefficient (Wildman–Crippen LogP) is 4.04. The highest BCUT2D eigenvalue weighted by Gasteiger charge is 2.40. The molecule has 1 N–H and O–H groups in total. The Morgan fingerprint density at radius 1 is 1.44 bits per heavy atom. The summed E-state index contributed by atoms with van der Waals surface area (Å²) >= 11 is 4.96. The molecule has 0 radical (unpaired) electrons. The number of nitrogens with zero attached hydrogens (tertiary/aromatic N) is 1. The number of aliphatic hydroxyl groups is 1. The van der Waals surface area contributed by atoms with Crippen LogP contribution in [0.25, 0.3) is 0 Å². The van der Waals surface area contributed by atoms with Gasteiger partial charge in [-0.2, -0.15) is 0 Å². The van der Waals surface area contributed by atoms with E-state index in [1.807, 2.05) is 18.2 Å². The number of aromatic nitrogens is 1. The smallest absolute Gasteiger partial charge is 0.127 e. The van der Waals surface area contributed by atoms with Crippen molar-refractivity contribution in [2.24, 2.45) is 0 Å². The second-order valence-corrected chi connectivity index (χ2v) is 6.47. The van der Waals surface area contributed by atoms with Crippen LogP contribution in [0.5, 0.6) is 0 Å². The van der Waals surface area contributed by atoms with Gasteiger partial charge in [0, 0.05) is 0 Å². The monoisotopic (exact) mass is 323 g/mol. The van der Waals surface area contributed by atoms with Crippen LogP contribution in [0.15, 0.2) is 34.4 Å². The van der Waals surface area contributed by atoms with Crippen molar-refractivity contribution in [1.82, 2.24) is 4.98 Å². The topological polar surface area (TPSA) is 33.1 Å². The lowest BCUT2D eigenvalue weighted by atomic mass is 9.74. The number of thiazole rings is 1. The second kappa shape index (κ2) is 4.44. The molecule has 2 aromatic rings. The van der Waals surface area contributed by atoms with E-state index in [-0.39, 0.29) is 0 Å². The molecule has 18 heavy (non-hydrogen) atoms. The van der Waals surface area contributed by atoms with Crippen LogP contribution in [0.1, 0.15) is 41.7 Å². The summed E-state index contributed by atoms with van der Waals surface area (Å²) in [4.78, 5) is 5.12. The average molecular weight is 324 g/mol. The highest BCUT2D eigenvalue weighted by molar-refractivity contribution is 9.10. The Morgan fingerprint density at radius 3 is 2.94 bits per heavy atom. The van der Waals surface area contributed by atoms with E-state index in [0.29, 0.717) is 5.92 Å². The highest BCUT2D eigenvalue weighted by Crippen LogP contribution is 2.47. The molecule has 0 spiro atoms. The molecule has 0 bridgehead atoms. The minimum absolute atomic E-state index is 0.508. The Hall–Kier alpha value is -0.710. The van der Waals surface area contributed by atoms with Crippen molar-refractivity contribution in [3.05, 3.63) is 50.4 Å². The third-order valence-corrected chi connectivity index (χ3v) is 5.62. The lowest BCUT2D eigenvalue weighted by Crippen LogP contribution is -2.32. The molecule has 1 heterocycles. The molecule has 2 atom stereocenters. The first kappa shape index (κ1) is 12.3. The largest absolute Gasteiger partial charge is 0.379 e. The van der Waals surface area contributed by atoms with E-state index in [0.717, 1.165) is 27.9 Å². The minimum atomic E-state index is -0.886. The number of benzene rings is 1. The van der Waals surface area contributed by atoms with Gasteiger partial charge in [0.1, 0.15) is 10.2 Å². The Labute approximate surface area is 119 Å². The van der Waals surface area contributed by atoms with Gasteiger partial charge in [0.2, 0.25) is 0 Å². The summed E-state index contributed by atoms with van der Waals surface area (Å²) < 4.78 is 0.763. The van der Waals surface area contributed by atoms with Crippen molar-refractivity contribution in [1.29, 1.82) is 0 Å². The van der Waals surface area contributed by atoms with Gasteiger partial charge < -0.3 is 5.11 Å². The fourth-order valence-corrected chi connectivity index (χ4v) is 4.42. The van der Waals surface area contributed by atoms with Crippen molar-refractivity contribution in [2.75, 3.05) is 0 Å². The van der Waals surface area contributed by atoms with E-state index < -0.39 is 5.60 Å². The third kappa shape index (κ3) is 1.75. The van der Waals surface area contributed by atoms with Crippen LogP contribution in [-0.2, 0) is 5.60 Å². The maximum absolute atomic E-state index is 11.1. The fraction of sp³-hybridized carbons (Fsp3) is 0.357. The van der Waals surface area contributed by atoms with Crippen LogP contribution in [0.4, 0.5) is 0 Å². The molecule has 1 aromatic heterocycles. The van der Waals surface area contributed by atoms with Gasteiger partial charge in [-0.3, -0.25) is 0 Å². The zero-order valence-electron chi connectivity index (χ0n) is 10.1. The molecule has 94 valence electrons. The van der Waals surface area contributed by atoms with Crippen molar-refractivity contribution in [2.45, 2.75) is 31.3 Å². The van der Waals surface area contributed by atoms with E-state index in [1.54, 1.807) is 5.51 Å². The second-order valence-electron chi connectivity index (χ2n) is 4.86. The summed E-state index contributed by atoms with van der Waals surface area (Å²) in [6, 6.07) is 8.20. The van der Waals surface area contributed by atoms with Gasteiger partial charge in [-0.25, -0.2) is 4.98 Å². The van der Waals surface area contributed by atoms with E-state index in [4.69, 9.17) is 0 Å². The maximum Gasteiger partial charge on any atom is 0.127 e. The van der Waals surface area contributed by atoms with Gasteiger partial charge in [-0.05, 0) is 45.8 Å². The summed E-state index contributed by atoms with van der Waals surface area (Å²) in [5.41, 5.74) is 3.18. The molecule has 4 heteroatoms. The third-order valence-electron chi connectivity index (χ3n) is 3.78. The number of halogens is 1. The van der Waals surface area contributed by atoms with Gasteiger partial charge in [0.15, 0.2) is 0 Å². The normalized spacial score (nSPS) is 26.9. The quantitative estimate of drug-likeness (QED) is 0.859. The molecule has 0 amide bonds. The van der Waals surface area contributed by atoms with E-state index in [9.17, 15) is 5.11 Å². The molecule has 2 nitrogen and oxygen atoms in total. The molecular formula is C14H14BrNOS. The molecule has 0 saturated heterocycles. The predicted molar refractivity (Wildman–Crippen MR) is 76.9 cm³/mol. The van der Waals surface area contributed by atoms with Crippen LogP contribution in [0.2, 0.25) is 0 Å². The molecule has 3 rings (SSSR count). The number of hydrogen-bond acceptors (Lipinski definition) is 3. The van der Waals surface area contributed by atoms with Crippen LogP contribution >= 0.6 is 27.3 Å². The van der Waals surface area contributed by atoms with Crippen molar-refractivity contribution >= 4 is 27.3 Å². The molecule has 0 aliphatic heterocycles. The van der Waals surface area contributed by atoms with Crippen molar-refractivity contribution in [3.63, 3.8) is 0 Å². The first-order valence-corrected chi connectivity index (χ1v) is 7.71. The lowest BCUT2D eigenvalue weighted by molar-refractivity contribution is 0.0607. The molecule has 1 aliphatic carbocycles. The van der Waals surface area contributed by atoms with Crippen LogP contribution in [0, 0.1) is 0 Å². The summed E-state index contributed by atoms with van der Waals surface area (Å²) in [5, 5.41) is 11.1. The van der Waals surface area contributed by atoms with Crippen LogP contribution < -0.4 is 0 Å². The van der Waals surface area contributed by atoms with Crippen molar-refractivity contribution in [3.8, 4) is 0 Å². The van der Waals surface area contributed by atoms with Gasteiger partial charge in [-0.15, -0.1) is 11.3 Å². The van der Waals surface area contributed by atoms with E-state index >= 15 is 0 Å². The van der Waals surface area contributed by atoms with Crippen LogP contribution in [0.3, 0.4) is 0 Å². The van der Waals surface area contributed by atoms with Gasteiger partial charge in [-0.1, -0.05) is 31.2 Å². The highest BCUT2D eigenvalue weighted by atomic mass is 79.9. The summed E-state index contributed by atoms with van der Waals surface area (Å²) in [6.45, 7) is 2.22. The van der Waals surface area contributed by atoms with Crippen LogP contribution in [-0.4, -0.2) is 10.1 Å². The zero-order chi connectivity index (χ0) is 12.8. The summed E-state index contributed by atoms with van der Waals surface area (Å²) in [6.07, 6.45) is 1.75. The maximum atomic E-state index is 11.1. The standard InChI is InChI=1S/C14H14BrNOS/c1-9-6-7-14(17,12-13(15)16-8-18-12)11-5-3-2-4-10(9)11/h2-5,8-9,17H,6-7H2,1H3. The molecular weight excluding hydrogens is 310 g/mol. The fourth-order valence-electron chi connectivity index (χ4n) is 2.76. The molecule has 0 fully saturated rings. The number of hydrogen-bond donors (Lipinski definition) is 1. The Balaban J connectivity index is 2.20. The Kier molecular flexibility index (Phi) is 3.04. The first-order valence-electron chi connectivity index (χ1n) is 6.04.